The van der Waals surface area contributed by atoms with Crippen LogP contribution in [0.3, 0.4) is 0 Å². The summed E-state index contributed by atoms with van der Waals surface area (Å²) >= 11 is 1.72. The van der Waals surface area contributed by atoms with Crippen molar-refractivity contribution < 1.29 is 0 Å². The summed E-state index contributed by atoms with van der Waals surface area (Å²) in [5.74, 6) is 0. The molecule has 0 heterocycles. The highest BCUT2D eigenvalue weighted by Crippen LogP contribution is 2.24. The van der Waals surface area contributed by atoms with E-state index in [0.29, 0.717) is 5.56 Å². The van der Waals surface area contributed by atoms with Crippen molar-refractivity contribution in [3.05, 3.63) is 35.4 Å². The Morgan fingerprint density at radius 2 is 2.06 bits per heavy atom. The van der Waals surface area contributed by atoms with E-state index < -0.39 is 0 Å². The lowest BCUT2D eigenvalue weighted by atomic mass is 10.1. The van der Waals surface area contributed by atoms with Gasteiger partial charge in [-0.15, -0.1) is 0 Å². The third kappa shape index (κ3) is 4.26. The molecule has 3 heteroatoms. The Hall–Kier alpha value is -0.980. The van der Waals surface area contributed by atoms with E-state index in [4.69, 9.17) is 5.26 Å². The summed E-state index contributed by atoms with van der Waals surface area (Å²) in [5, 5.41) is 8.83. The first kappa shape index (κ1) is 13.1. The smallest absolute Gasteiger partial charge is 0.0991 e. The quantitative estimate of drug-likeness (QED) is 0.811. The van der Waals surface area contributed by atoms with Crippen molar-refractivity contribution in [3.63, 3.8) is 0 Å². The summed E-state index contributed by atoms with van der Waals surface area (Å²) in [4.78, 5) is 0. The van der Waals surface area contributed by atoms with Crippen molar-refractivity contribution in [1.29, 1.82) is 5.26 Å². The zero-order chi connectivity index (χ0) is 12.2. The third-order valence-electron chi connectivity index (χ3n) is 2.06. The van der Waals surface area contributed by atoms with Gasteiger partial charge in [0.15, 0.2) is 0 Å². The van der Waals surface area contributed by atoms with Crippen LogP contribution < -0.4 is 4.72 Å². The van der Waals surface area contributed by atoms with E-state index in [1.165, 1.54) is 0 Å². The predicted molar refractivity (Wildman–Crippen MR) is 70.1 cm³/mol. The fraction of sp³-hybridized carbons (Fsp3) is 0.462. The van der Waals surface area contributed by atoms with Gasteiger partial charge in [0.25, 0.3) is 0 Å². The molecular weight excluding hydrogens is 216 g/mol. The normalized spacial score (nSPS) is 13.2. The van der Waals surface area contributed by atoms with Gasteiger partial charge < -0.3 is 0 Å². The zero-order valence-corrected chi connectivity index (χ0v) is 11.1. The fourth-order valence-corrected chi connectivity index (χ4v) is 1.88. The van der Waals surface area contributed by atoms with E-state index in [0.717, 1.165) is 5.56 Å². The number of benzene rings is 1. The maximum Gasteiger partial charge on any atom is 0.0991 e. The molecule has 0 unspecified atom stereocenters. The van der Waals surface area contributed by atoms with Crippen molar-refractivity contribution in [2.75, 3.05) is 0 Å². The highest BCUT2D eigenvalue weighted by molar-refractivity contribution is 7.98. The van der Waals surface area contributed by atoms with Gasteiger partial charge in [0.1, 0.15) is 0 Å². The molecule has 1 rings (SSSR count). The number of nitrogens with one attached hydrogen (secondary N) is 1. The summed E-state index contributed by atoms with van der Waals surface area (Å²) in [5.41, 5.74) is 1.86. The average Bonchev–Trinajstić information content (AvgIpc) is 2.25. The molecule has 0 aliphatic heterocycles. The van der Waals surface area contributed by atoms with Crippen LogP contribution in [-0.2, 0) is 0 Å². The largest absolute Gasteiger partial charge is 0.256 e. The van der Waals surface area contributed by atoms with Gasteiger partial charge in [-0.2, -0.15) is 5.26 Å². The number of nitriles is 1. The predicted octanol–water partition coefficient (Wildman–Crippen LogP) is 3.66. The van der Waals surface area contributed by atoms with Crippen LogP contribution in [0.5, 0.6) is 0 Å². The van der Waals surface area contributed by atoms with E-state index in [1.54, 1.807) is 11.9 Å². The second-order valence-corrected chi connectivity index (χ2v) is 6.46. The molecule has 0 aromatic heterocycles. The molecular formula is C13H18N2S. The van der Waals surface area contributed by atoms with Crippen molar-refractivity contribution >= 4 is 11.9 Å². The van der Waals surface area contributed by atoms with Crippen LogP contribution in [0.2, 0.25) is 0 Å². The maximum absolute atomic E-state index is 8.83. The van der Waals surface area contributed by atoms with Crippen molar-refractivity contribution in [3.8, 4) is 6.07 Å². The van der Waals surface area contributed by atoms with Gasteiger partial charge in [0.2, 0.25) is 0 Å². The van der Waals surface area contributed by atoms with E-state index in [1.807, 2.05) is 24.3 Å². The lowest BCUT2D eigenvalue weighted by molar-refractivity contribution is 0.724. The molecule has 1 aromatic rings. The second-order valence-electron chi connectivity index (χ2n) is 4.79. The molecule has 1 aromatic carbocycles. The van der Waals surface area contributed by atoms with Gasteiger partial charge in [-0.25, -0.2) is 0 Å². The number of rotatable bonds is 3. The Bertz CT molecular complexity index is 388. The summed E-state index contributed by atoms with van der Waals surface area (Å²) in [7, 11) is 0. The minimum Gasteiger partial charge on any atom is -0.256 e. The van der Waals surface area contributed by atoms with Crippen LogP contribution in [0, 0.1) is 11.3 Å². The van der Waals surface area contributed by atoms with E-state index >= 15 is 0 Å². The Kier molecular flexibility index (Phi) is 4.40. The Morgan fingerprint density at radius 3 is 2.62 bits per heavy atom. The summed E-state index contributed by atoms with van der Waals surface area (Å²) in [6, 6.07) is 10.1. The van der Waals surface area contributed by atoms with Crippen LogP contribution in [0.4, 0.5) is 0 Å². The minimum absolute atomic E-state index is 0.196. The molecule has 0 bridgehead atoms. The minimum atomic E-state index is 0.196. The molecule has 0 saturated heterocycles. The monoisotopic (exact) mass is 234 g/mol. The molecule has 2 nitrogen and oxygen atoms in total. The molecule has 0 aliphatic rings. The lowest BCUT2D eigenvalue weighted by Gasteiger charge is -2.22. The number of nitrogens with zero attached hydrogens (tertiary/aromatic N) is 1. The zero-order valence-electron chi connectivity index (χ0n) is 10.2. The number of hydrogen-bond acceptors (Lipinski definition) is 3. The molecule has 1 atom stereocenters. The van der Waals surface area contributed by atoms with E-state index in [-0.39, 0.29) is 10.8 Å². The van der Waals surface area contributed by atoms with Crippen molar-refractivity contribution in [2.45, 2.75) is 38.5 Å². The van der Waals surface area contributed by atoms with Crippen LogP contribution in [-0.4, -0.2) is 4.75 Å². The van der Waals surface area contributed by atoms with Crippen LogP contribution in [0.1, 0.15) is 44.9 Å². The van der Waals surface area contributed by atoms with Gasteiger partial charge in [0, 0.05) is 10.8 Å². The molecule has 0 amide bonds. The number of hydrogen-bond donors (Lipinski definition) is 1. The van der Waals surface area contributed by atoms with Crippen LogP contribution >= 0.6 is 11.9 Å². The molecule has 16 heavy (non-hydrogen) atoms. The second kappa shape index (κ2) is 5.38. The molecule has 86 valence electrons. The molecule has 0 radical (unpaired) electrons. The van der Waals surface area contributed by atoms with Crippen LogP contribution in [0.25, 0.3) is 0 Å². The molecule has 0 saturated carbocycles. The highest BCUT2D eigenvalue weighted by atomic mass is 32.2. The fourth-order valence-electron chi connectivity index (χ4n) is 1.21. The van der Waals surface area contributed by atoms with Crippen LogP contribution in [0.15, 0.2) is 24.3 Å². The molecule has 0 fully saturated rings. The summed E-state index contributed by atoms with van der Waals surface area (Å²) in [6.45, 7) is 8.62. The Morgan fingerprint density at radius 1 is 1.38 bits per heavy atom. The first-order chi connectivity index (χ1) is 7.42. The standard InChI is InChI=1S/C13H18N2S/c1-10(15-16-13(2,3)4)12-7-5-6-11(8-12)9-14/h5-8,10,15H,1-4H3/t10-/m0/s1. The van der Waals surface area contributed by atoms with Gasteiger partial charge in [-0.3, -0.25) is 4.72 Å². The first-order valence-electron chi connectivity index (χ1n) is 5.36. The van der Waals surface area contributed by atoms with Gasteiger partial charge in [0.05, 0.1) is 11.6 Å². The summed E-state index contributed by atoms with van der Waals surface area (Å²) < 4.78 is 3.59. The Balaban J connectivity index is 2.66. The van der Waals surface area contributed by atoms with Crippen molar-refractivity contribution in [1.82, 2.24) is 4.72 Å². The lowest BCUT2D eigenvalue weighted by Crippen LogP contribution is -2.19. The molecule has 0 spiro atoms. The van der Waals surface area contributed by atoms with Crippen molar-refractivity contribution in [2.24, 2.45) is 0 Å². The van der Waals surface area contributed by atoms with Gasteiger partial charge >= 0.3 is 0 Å². The first-order valence-corrected chi connectivity index (χ1v) is 6.17. The van der Waals surface area contributed by atoms with Gasteiger partial charge in [-0.05, 0) is 45.4 Å². The summed E-state index contributed by atoms with van der Waals surface area (Å²) in [6.07, 6.45) is 0. The molecule has 1 N–H and O–H groups in total. The third-order valence-corrected chi connectivity index (χ3v) is 3.14. The average molecular weight is 234 g/mol. The van der Waals surface area contributed by atoms with Gasteiger partial charge in [-0.1, -0.05) is 24.1 Å². The maximum atomic E-state index is 8.83. The van der Waals surface area contributed by atoms with E-state index in [2.05, 4.69) is 38.5 Å². The SMILES string of the molecule is C[C@H](NSC(C)(C)C)c1cccc(C#N)c1. The molecule has 0 aliphatic carbocycles. The highest BCUT2D eigenvalue weighted by Gasteiger charge is 2.13. The Labute approximate surface area is 102 Å². The van der Waals surface area contributed by atoms with E-state index in [9.17, 15) is 0 Å². The topological polar surface area (TPSA) is 35.8 Å².